The molecule has 1 aromatic carbocycles. The minimum Gasteiger partial charge on any atom is -0.383 e. The van der Waals surface area contributed by atoms with Gasteiger partial charge in [-0.25, -0.2) is 22.2 Å². The molecule has 0 saturated carbocycles. The number of rotatable bonds is 5. The van der Waals surface area contributed by atoms with Crippen molar-refractivity contribution < 1.29 is 21.9 Å². The van der Waals surface area contributed by atoms with Crippen LogP contribution >= 0.6 is 0 Å². The van der Waals surface area contributed by atoms with Gasteiger partial charge < -0.3 is 15.8 Å². The predicted octanol–water partition coefficient (Wildman–Crippen LogP) is 2.97. The zero-order chi connectivity index (χ0) is 20.5. The zero-order valence-corrected chi connectivity index (χ0v) is 15.8. The van der Waals surface area contributed by atoms with Crippen molar-refractivity contribution in [2.45, 2.75) is 11.0 Å². The summed E-state index contributed by atoms with van der Waals surface area (Å²) in [5.74, 6) is -2.06. The molecule has 3 rings (SSSR count). The maximum atomic E-state index is 14.2. The van der Waals surface area contributed by atoms with Gasteiger partial charge in [-0.2, -0.15) is 4.98 Å². The van der Waals surface area contributed by atoms with Crippen LogP contribution in [0.25, 0.3) is 5.57 Å². The van der Waals surface area contributed by atoms with Crippen LogP contribution in [0.5, 0.6) is 0 Å². The lowest BCUT2D eigenvalue weighted by Gasteiger charge is -2.19. The van der Waals surface area contributed by atoms with Gasteiger partial charge in [0.05, 0.1) is 17.4 Å². The average Bonchev–Trinajstić information content (AvgIpc) is 2.64. The number of halogens is 2. The summed E-state index contributed by atoms with van der Waals surface area (Å²) in [5, 5.41) is 2.87. The average molecular weight is 407 g/mol. The van der Waals surface area contributed by atoms with Gasteiger partial charge in [0.2, 0.25) is 5.95 Å². The Morgan fingerprint density at radius 3 is 2.46 bits per heavy atom. The molecule has 0 saturated heterocycles. The lowest BCUT2D eigenvalue weighted by Crippen LogP contribution is -2.15. The number of nitrogens with two attached hydrogens (primary N) is 1. The molecule has 0 amide bonds. The van der Waals surface area contributed by atoms with Gasteiger partial charge in [-0.15, -0.1) is 0 Å². The van der Waals surface area contributed by atoms with Crippen LogP contribution in [-0.4, -0.2) is 37.9 Å². The van der Waals surface area contributed by atoms with Gasteiger partial charge in [0.15, 0.2) is 15.7 Å². The van der Waals surface area contributed by atoms with Crippen molar-refractivity contribution in [1.29, 1.82) is 0 Å². The van der Waals surface area contributed by atoms with Gasteiger partial charge in [0.25, 0.3) is 0 Å². The summed E-state index contributed by atoms with van der Waals surface area (Å²) in [6, 6.07) is 5.97. The van der Waals surface area contributed by atoms with E-state index in [2.05, 4.69) is 15.3 Å². The number of benzene rings is 1. The van der Waals surface area contributed by atoms with Gasteiger partial charge in [-0.05, 0) is 30.3 Å². The van der Waals surface area contributed by atoms with Crippen molar-refractivity contribution in [2.24, 2.45) is 0 Å². The number of hydrogen-bond donors (Lipinski definition) is 2. The Labute approximate surface area is 160 Å². The molecule has 1 heterocycles. The van der Waals surface area contributed by atoms with Gasteiger partial charge in [-0.3, -0.25) is 0 Å². The molecular weight excluding hydrogens is 390 g/mol. The van der Waals surface area contributed by atoms with Gasteiger partial charge in [0, 0.05) is 36.4 Å². The second-order valence-corrected chi connectivity index (χ2v) is 8.04. The number of hydrogen-bond acceptors (Lipinski definition) is 7. The summed E-state index contributed by atoms with van der Waals surface area (Å²) in [7, 11) is -1.93. The van der Waals surface area contributed by atoms with Crippen LogP contribution in [0.3, 0.4) is 0 Å². The summed E-state index contributed by atoms with van der Waals surface area (Å²) in [4.78, 5) is 8.30. The number of allylic oxidation sites excluding steroid dienone is 2. The van der Waals surface area contributed by atoms with Crippen LogP contribution < -0.4 is 11.1 Å². The van der Waals surface area contributed by atoms with E-state index in [0.717, 1.165) is 12.7 Å². The third kappa shape index (κ3) is 4.18. The monoisotopic (exact) mass is 407 g/mol. The van der Waals surface area contributed by atoms with Crippen LogP contribution in [0.2, 0.25) is 0 Å². The Hall–Kier alpha value is -2.85. The molecule has 1 aliphatic carbocycles. The second-order valence-electron chi connectivity index (χ2n) is 6.02. The highest BCUT2D eigenvalue weighted by Gasteiger charge is 2.26. The summed E-state index contributed by atoms with van der Waals surface area (Å²) >= 11 is 0. The lowest BCUT2D eigenvalue weighted by molar-refractivity contribution is 0.163. The number of nitrogens with zero attached hydrogens (tertiary/aromatic N) is 2. The van der Waals surface area contributed by atoms with Crippen LogP contribution in [0, 0.1) is 6.42 Å². The molecular formula is C18H17F2N4O3S. The number of ether oxygens (including phenoxy) is 1. The van der Waals surface area contributed by atoms with Crippen molar-refractivity contribution in [2.75, 3.05) is 24.4 Å². The predicted molar refractivity (Wildman–Crippen MR) is 102 cm³/mol. The first-order valence-corrected chi connectivity index (χ1v) is 9.93. The van der Waals surface area contributed by atoms with Crippen LogP contribution in [0.1, 0.15) is 5.56 Å². The van der Waals surface area contributed by atoms with E-state index in [1.54, 1.807) is 12.1 Å². The first kappa shape index (κ1) is 19.9. The summed E-state index contributed by atoms with van der Waals surface area (Å²) in [6.45, 7) is 0. The Morgan fingerprint density at radius 2 is 1.89 bits per heavy atom. The Kier molecular flexibility index (Phi) is 5.43. The third-order valence-corrected chi connectivity index (χ3v) is 5.14. The molecule has 0 bridgehead atoms. The van der Waals surface area contributed by atoms with Gasteiger partial charge >= 0.3 is 0 Å². The highest BCUT2D eigenvalue weighted by Crippen LogP contribution is 2.36. The highest BCUT2D eigenvalue weighted by atomic mass is 32.2. The Balaban J connectivity index is 1.86. The maximum absolute atomic E-state index is 14.2. The molecule has 1 atom stereocenters. The summed E-state index contributed by atoms with van der Waals surface area (Å²) in [5.41, 5.74) is 6.47. The molecule has 1 radical (unpaired) electrons. The first-order chi connectivity index (χ1) is 13.2. The number of nitrogen functional groups attached to an aromatic ring is 1. The Bertz CT molecular complexity index is 1070. The van der Waals surface area contributed by atoms with Crippen LogP contribution in [-0.2, 0) is 14.6 Å². The normalized spacial score (nSPS) is 17.4. The molecule has 0 spiro atoms. The van der Waals surface area contributed by atoms with E-state index < -0.39 is 27.6 Å². The molecule has 0 aliphatic heterocycles. The molecule has 1 aromatic heterocycles. The topological polar surface area (TPSA) is 107 Å². The fourth-order valence-electron chi connectivity index (χ4n) is 2.55. The van der Waals surface area contributed by atoms with Crippen molar-refractivity contribution in [1.82, 2.24) is 9.97 Å². The van der Waals surface area contributed by atoms with E-state index in [-0.39, 0.29) is 27.8 Å². The number of sulfone groups is 1. The number of aromatic nitrogens is 2. The highest BCUT2D eigenvalue weighted by molar-refractivity contribution is 7.90. The maximum Gasteiger partial charge on any atom is 0.229 e. The summed E-state index contributed by atoms with van der Waals surface area (Å²) in [6.07, 6.45) is 4.03. The first-order valence-electron chi connectivity index (χ1n) is 8.04. The minimum atomic E-state index is -3.30. The second kappa shape index (κ2) is 7.64. The Morgan fingerprint density at radius 1 is 1.21 bits per heavy atom. The van der Waals surface area contributed by atoms with E-state index in [1.165, 1.54) is 31.5 Å². The minimum absolute atomic E-state index is 0.0591. The molecule has 1 unspecified atom stereocenters. The number of methoxy groups -OCH3 is 1. The SMILES string of the molecule is COC1[CH]C(F)=C(F)C(c2cnc(Nc3ccc(S(C)(=O)=O)cc3)nc2N)=C1. The fourth-order valence-corrected chi connectivity index (χ4v) is 3.18. The fraction of sp³-hybridized carbons (Fsp3) is 0.167. The molecule has 2 aromatic rings. The quantitative estimate of drug-likeness (QED) is 0.785. The van der Waals surface area contributed by atoms with E-state index >= 15 is 0 Å². The van der Waals surface area contributed by atoms with Crippen molar-refractivity contribution >= 4 is 32.9 Å². The number of anilines is 3. The third-order valence-electron chi connectivity index (χ3n) is 4.01. The lowest BCUT2D eigenvalue weighted by atomic mass is 9.97. The molecule has 28 heavy (non-hydrogen) atoms. The van der Waals surface area contributed by atoms with Crippen molar-refractivity contribution in [3.8, 4) is 0 Å². The molecule has 1 aliphatic rings. The van der Waals surface area contributed by atoms with Gasteiger partial charge in [-0.1, -0.05) is 0 Å². The van der Waals surface area contributed by atoms with Crippen molar-refractivity contribution in [3.05, 3.63) is 60.2 Å². The van der Waals surface area contributed by atoms with E-state index in [4.69, 9.17) is 10.5 Å². The number of nitrogens with one attached hydrogen (secondary N) is 1. The molecule has 3 N–H and O–H groups in total. The van der Waals surface area contributed by atoms with E-state index in [0.29, 0.717) is 5.69 Å². The molecule has 10 heteroatoms. The van der Waals surface area contributed by atoms with Crippen LogP contribution in [0.4, 0.5) is 26.2 Å². The molecule has 147 valence electrons. The van der Waals surface area contributed by atoms with Crippen LogP contribution in [0.15, 0.2) is 53.1 Å². The van der Waals surface area contributed by atoms with E-state index in [1.807, 2.05) is 0 Å². The largest absolute Gasteiger partial charge is 0.383 e. The molecule has 7 nitrogen and oxygen atoms in total. The molecule has 0 fully saturated rings. The standard InChI is InChI=1S/C18H17F2N4O3S/c1-27-11-7-13(16(20)15(19)8-11)14-9-22-18(24-17(14)21)23-10-3-5-12(6-4-10)28(2,25)26/h3-9,11H,1-2H3,(H3,21,22,23,24). The zero-order valence-electron chi connectivity index (χ0n) is 15.0. The summed E-state index contributed by atoms with van der Waals surface area (Å²) < 4.78 is 55.9. The van der Waals surface area contributed by atoms with E-state index in [9.17, 15) is 17.2 Å². The smallest absolute Gasteiger partial charge is 0.229 e. The van der Waals surface area contributed by atoms with Gasteiger partial charge in [0.1, 0.15) is 11.6 Å². The van der Waals surface area contributed by atoms with Crippen molar-refractivity contribution in [3.63, 3.8) is 0 Å².